The number of thiophene rings is 2. The normalized spacial score (nSPS) is 12.0. The summed E-state index contributed by atoms with van der Waals surface area (Å²) in [7, 11) is 1.71. The molecule has 3 N–H and O–H groups in total. The van der Waals surface area contributed by atoms with E-state index < -0.39 is 17.6 Å². The number of halogens is 3. The molecule has 3 aromatic heterocycles. The molecule has 0 aliphatic heterocycles. The third kappa shape index (κ3) is 6.03. The van der Waals surface area contributed by atoms with E-state index in [0.717, 1.165) is 34.8 Å². The molecule has 0 radical (unpaired) electrons. The molecule has 4 rings (SSSR count). The molecule has 0 unspecified atom stereocenters. The number of carbonyl (C=O) groups is 2. The number of rotatable bonds is 7. The Bertz CT molecular complexity index is 1470. The SMILES string of the molecule is C/C(=N\NC(=O)c1ccc(C(=O)NCc2ncn(C)n2)s1)c1csc(-c2ccc(C(F)(F)F)cc2)c1O. The Morgan fingerprint density at radius 3 is 2.41 bits per heavy atom. The third-order valence-electron chi connectivity index (χ3n) is 5.06. The highest BCUT2D eigenvalue weighted by Crippen LogP contribution is 2.40. The van der Waals surface area contributed by atoms with Crippen molar-refractivity contribution in [2.45, 2.75) is 19.6 Å². The van der Waals surface area contributed by atoms with Gasteiger partial charge in [0.2, 0.25) is 0 Å². The largest absolute Gasteiger partial charge is 0.506 e. The van der Waals surface area contributed by atoms with E-state index in [4.69, 9.17) is 0 Å². The molecule has 9 nitrogen and oxygen atoms in total. The minimum atomic E-state index is -4.45. The summed E-state index contributed by atoms with van der Waals surface area (Å²) in [6.45, 7) is 1.71. The molecule has 0 aliphatic rings. The molecule has 4 aromatic rings. The van der Waals surface area contributed by atoms with Crippen molar-refractivity contribution >= 4 is 40.2 Å². The first kappa shape index (κ1) is 26.0. The van der Waals surface area contributed by atoms with Crippen LogP contribution in [0.2, 0.25) is 0 Å². The number of benzene rings is 1. The predicted molar refractivity (Wildman–Crippen MR) is 133 cm³/mol. The molecule has 0 fully saturated rings. The van der Waals surface area contributed by atoms with Crippen LogP contribution < -0.4 is 10.7 Å². The van der Waals surface area contributed by atoms with Gasteiger partial charge in [0.1, 0.15) is 12.1 Å². The first-order valence-corrected chi connectivity index (χ1v) is 12.3. The van der Waals surface area contributed by atoms with E-state index in [9.17, 15) is 27.9 Å². The van der Waals surface area contributed by atoms with Gasteiger partial charge in [-0.15, -0.1) is 22.7 Å². The number of nitrogens with one attached hydrogen (secondary N) is 2. The topological polar surface area (TPSA) is 122 Å². The maximum atomic E-state index is 12.8. The van der Waals surface area contributed by atoms with Gasteiger partial charge in [0.05, 0.1) is 38.0 Å². The molecule has 14 heteroatoms. The Balaban J connectivity index is 1.39. The van der Waals surface area contributed by atoms with E-state index >= 15 is 0 Å². The summed E-state index contributed by atoms with van der Waals surface area (Å²) < 4.78 is 39.9. The summed E-state index contributed by atoms with van der Waals surface area (Å²) in [5.74, 6) is -0.631. The zero-order chi connectivity index (χ0) is 26.7. The molecule has 37 heavy (non-hydrogen) atoms. The quantitative estimate of drug-likeness (QED) is 0.233. The molecule has 0 bridgehead atoms. The van der Waals surface area contributed by atoms with E-state index in [2.05, 4.69) is 25.9 Å². The van der Waals surface area contributed by atoms with Crippen LogP contribution in [0.4, 0.5) is 13.2 Å². The highest BCUT2D eigenvalue weighted by atomic mass is 32.1. The number of hydrogen-bond acceptors (Lipinski definition) is 8. The second kappa shape index (κ2) is 10.5. The lowest BCUT2D eigenvalue weighted by Crippen LogP contribution is -2.22. The maximum Gasteiger partial charge on any atom is 0.416 e. The van der Waals surface area contributed by atoms with Crippen molar-refractivity contribution < 1.29 is 27.9 Å². The Morgan fingerprint density at radius 1 is 1.11 bits per heavy atom. The van der Waals surface area contributed by atoms with Gasteiger partial charge in [-0.25, -0.2) is 10.4 Å². The summed E-state index contributed by atoms with van der Waals surface area (Å²) >= 11 is 2.11. The Labute approximate surface area is 216 Å². The van der Waals surface area contributed by atoms with Crippen molar-refractivity contribution in [3.8, 4) is 16.2 Å². The number of aromatic nitrogens is 3. The van der Waals surface area contributed by atoms with E-state index in [1.807, 2.05) is 0 Å². The lowest BCUT2D eigenvalue weighted by Gasteiger charge is -2.07. The van der Waals surface area contributed by atoms with Crippen molar-refractivity contribution in [2.24, 2.45) is 12.1 Å². The van der Waals surface area contributed by atoms with Crippen LogP contribution in [0.1, 0.15) is 43.2 Å². The number of aryl methyl sites for hydroxylation is 1. The number of carbonyl (C=O) groups excluding carboxylic acids is 2. The molecular formula is C23H19F3N6O3S2. The second-order valence-electron chi connectivity index (χ2n) is 7.72. The van der Waals surface area contributed by atoms with Gasteiger partial charge in [0.15, 0.2) is 5.82 Å². The smallest absolute Gasteiger partial charge is 0.416 e. The highest BCUT2D eigenvalue weighted by molar-refractivity contribution is 7.16. The average Bonchev–Trinajstić information content (AvgIpc) is 3.60. The third-order valence-corrected chi connectivity index (χ3v) is 7.16. The van der Waals surface area contributed by atoms with Gasteiger partial charge in [-0.2, -0.15) is 23.4 Å². The first-order chi connectivity index (χ1) is 17.5. The zero-order valence-electron chi connectivity index (χ0n) is 19.3. The van der Waals surface area contributed by atoms with Crippen molar-refractivity contribution in [2.75, 3.05) is 0 Å². The number of hydrazone groups is 1. The predicted octanol–water partition coefficient (Wildman–Crippen LogP) is 4.41. The Hall–Kier alpha value is -4.04. The molecule has 0 atom stereocenters. The molecule has 0 spiro atoms. The molecule has 0 saturated heterocycles. The molecule has 0 aliphatic carbocycles. The average molecular weight is 549 g/mol. The van der Waals surface area contributed by atoms with Crippen LogP contribution in [0.25, 0.3) is 10.4 Å². The number of nitrogens with zero attached hydrogens (tertiary/aromatic N) is 4. The van der Waals surface area contributed by atoms with Crippen LogP contribution in [0, 0.1) is 0 Å². The van der Waals surface area contributed by atoms with Gasteiger partial charge in [-0.05, 0) is 36.8 Å². The van der Waals surface area contributed by atoms with E-state index in [1.165, 1.54) is 35.3 Å². The Kier molecular flexibility index (Phi) is 7.40. The van der Waals surface area contributed by atoms with Crippen LogP contribution in [-0.4, -0.2) is 37.4 Å². The van der Waals surface area contributed by atoms with Crippen LogP contribution in [-0.2, 0) is 19.8 Å². The van der Waals surface area contributed by atoms with Gasteiger partial charge >= 0.3 is 6.18 Å². The summed E-state index contributed by atoms with van der Waals surface area (Å²) in [4.78, 5) is 29.8. The van der Waals surface area contributed by atoms with Crippen molar-refractivity contribution in [1.29, 1.82) is 0 Å². The lowest BCUT2D eigenvalue weighted by molar-refractivity contribution is -0.137. The van der Waals surface area contributed by atoms with E-state index in [1.54, 1.807) is 19.4 Å². The minimum Gasteiger partial charge on any atom is -0.506 e. The van der Waals surface area contributed by atoms with Gasteiger partial charge in [0, 0.05) is 12.4 Å². The number of hydrogen-bond donors (Lipinski definition) is 3. The molecular weight excluding hydrogens is 529 g/mol. The molecule has 2 amide bonds. The fourth-order valence-corrected chi connectivity index (χ4v) is 4.99. The minimum absolute atomic E-state index is 0.140. The van der Waals surface area contributed by atoms with Crippen LogP contribution in [0.15, 0.2) is 53.2 Å². The maximum absolute atomic E-state index is 12.8. The van der Waals surface area contributed by atoms with Crippen LogP contribution in [0.5, 0.6) is 5.75 Å². The summed E-state index contributed by atoms with van der Waals surface area (Å²) in [5, 5.41) is 23.0. The van der Waals surface area contributed by atoms with Crippen LogP contribution in [0.3, 0.4) is 0 Å². The summed E-state index contributed by atoms with van der Waals surface area (Å²) in [6, 6.07) is 7.45. The molecule has 192 valence electrons. The zero-order valence-corrected chi connectivity index (χ0v) is 21.0. The summed E-state index contributed by atoms with van der Waals surface area (Å²) in [6.07, 6.45) is -2.93. The van der Waals surface area contributed by atoms with Gasteiger partial charge in [-0.3, -0.25) is 14.3 Å². The molecule has 1 aromatic carbocycles. The van der Waals surface area contributed by atoms with E-state index in [0.29, 0.717) is 26.7 Å². The monoisotopic (exact) mass is 548 g/mol. The van der Waals surface area contributed by atoms with Crippen molar-refractivity contribution in [1.82, 2.24) is 25.5 Å². The standard InChI is InChI=1S/C23H19F3N6O3S2/c1-12(15-10-36-20(19(15)33)13-3-5-14(6-4-13)23(24,25)26)29-30-22(35)17-8-7-16(37-17)21(34)27-9-18-28-11-32(2)31-18/h3-8,10-11,33H,9H2,1-2H3,(H,27,34)(H,30,35)/b29-12+. The van der Waals surface area contributed by atoms with Gasteiger partial charge in [-0.1, -0.05) is 12.1 Å². The van der Waals surface area contributed by atoms with Crippen molar-refractivity contribution in [3.05, 3.63) is 74.8 Å². The highest BCUT2D eigenvalue weighted by Gasteiger charge is 2.30. The number of alkyl halides is 3. The summed E-state index contributed by atoms with van der Waals surface area (Å²) in [5.41, 5.74) is 2.64. The fraction of sp³-hybridized carbons (Fsp3) is 0.174. The van der Waals surface area contributed by atoms with Crippen molar-refractivity contribution in [3.63, 3.8) is 0 Å². The second-order valence-corrected chi connectivity index (χ2v) is 9.68. The van der Waals surface area contributed by atoms with Gasteiger partial charge in [0.25, 0.3) is 11.8 Å². The number of amides is 2. The number of aromatic hydroxyl groups is 1. The lowest BCUT2D eigenvalue weighted by atomic mass is 10.1. The molecule has 3 heterocycles. The Morgan fingerprint density at radius 2 is 1.78 bits per heavy atom. The van der Waals surface area contributed by atoms with E-state index in [-0.39, 0.29) is 28.8 Å². The fourth-order valence-electron chi connectivity index (χ4n) is 3.17. The van der Waals surface area contributed by atoms with Gasteiger partial charge < -0.3 is 10.4 Å². The first-order valence-electron chi connectivity index (χ1n) is 10.6. The van der Waals surface area contributed by atoms with Crippen LogP contribution >= 0.6 is 22.7 Å². The molecule has 0 saturated carbocycles.